The van der Waals surface area contributed by atoms with Crippen molar-refractivity contribution in [1.82, 2.24) is 0 Å². The molecule has 180 valence electrons. The van der Waals surface area contributed by atoms with E-state index in [-0.39, 0.29) is 17.7 Å². The van der Waals surface area contributed by atoms with Crippen LogP contribution >= 0.6 is 0 Å². The number of hydrogen-bond acceptors (Lipinski definition) is 7. The summed E-state index contributed by atoms with van der Waals surface area (Å²) >= 11 is 0. The van der Waals surface area contributed by atoms with Crippen LogP contribution in [-0.4, -0.2) is 38.5 Å². The molecule has 7 nitrogen and oxygen atoms in total. The van der Waals surface area contributed by atoms with Crippen LogP contribution < -0.4 is 24.3 Å². The number of nitrogens with one attached hydrogen (secondary N) is 1. The zero-order valence-electron chi connectivity index (χ0n) is 20.8. The number of anilines is 1. The number of ketones is 2. The predicted molar refractivity (Wildman–Crippen MR) is 129 cm³/mol. The molecule has 2 rings (SSSR count). The molecule has 2 aromatic carbocycles. The summed E-state index contributed by atoms with van der Waals surface area (Å²) in [5.41, 5.74) is 2.38. The lowest BCUT2D eigenvalue weighted by molar-refractivity contribution is 0.100. The molecule has 0 spiro atoms. The van der Waals surface area contributed by atoms with Gasteiger partial charge in [0.1, 0.15) is 0 Å². The second-order valence-electron chi connectivity index (χ2n) is 8.56. The van der Waals surface area contributed by atoms with E-state index in [9.17, 15) is 9.59 Å². The molecule has 0 unspecified atom stereocenters. The van der Waals surface area contributed by atoms with Crippen LogP contribution in [0.15, 0.2) is 24.3 Å². The van der Waals surface area contributed by atoms with Gasteiger partial charge in [-0.2, -0.15) is 0 Å². The van der Waals surface area contributed by atoms with Crippen LogP contribution in [0.5, 0.6) is 23.0 Å². The van der Waals surface area contributed by atoms with Gasteiger partial charge in [0.2, 0.25) is 0 Å². The minimum atomic E-state index is -0.103. The highest BCUT2D eigenvalue weighted by Gasteiger charge is 2.19. The fourth-order valence-corrected chi connectivity index (χ4v) is 3.20. The van der Waals surface area contributed by atoms with Gasteiger partial charge >= 0.3 is 0 Å². The van der Waals surface area contributed by atoms with Gasteiger partial charge in [0.05, 0.1) is 32.6 Å². The van der Waals surface area contributed by atoms with Gasteiger partial charge in [-0.3, -0.25) is 9.59 Å². The molecule has 0 fully saturated rings. The molecule has 33 heavy (non-hydrogen) atoms. The highest BCUT2D eigenvalue weighted by molar-refractivity contribution is 5.96. The quantitative estimate of drug-likeness (QED) is 0.419. The molecule has 0 aliphatic rings. The number of rotatable bonds is 12. The van der Waals surface area contributed by atoms with Gasteiger partial charge in [0, 0.05) is 23.2 Å². The third-order valence-electron chi connectivity index (χ3n) is 4.82. The summed E-state index contributed by atoms with van der Waals surface area (Å²) in [4.78, 5) is 24.2. The van der Waals surface area contributed by atoms with Crippen LogP contribution in [-0.2, 0) is 6.54 Å². The Morgan fingerprint density at radius 2 is 1.39 bits per heavy atom. The zero-order valence-corrected chi connectivity index (χ0v) is 20.8. The maximum Gasteiger partial charge on any atom is 0.184 e. The Morgan fingerprint density at radius 1 is 0.848 bits per heavy atom. The second-order valence-corrected chi connectivity index (χ2v) is 8.56. The van der Waals surface area contributed by atoms with Crippen molar-refractivity contribution in [2.75, 3.05) is 26.1 Å². The van der Waals surface area contributed by atoms with Crippen molar-refractivity contribution >= 4 is 17.3 Å². The monoisotopic (exact) mass is 457 g/mol. The third kappa shape index (κ3) is 6.88. The third-order valence-corrected chi connectivity index (χ3v) is 4.82. The van der Waals surface area contributed by atoms with Crippen LogP contribution in [0.4, 0.5) is 5.69 Å². The van der Waals surface area contributed by atoms with E-state index < -0.39 is 0 Å². The average Bonchev–Trinajstić information content (AvgIpc) is 2.75. The Kier molecular flexibility index (Phi) is 9.14. The molecular formula is C26H35NO6. The van der Waals surface area contributed by atoms with E-state index in [4.69, 9.17) is 18.9 Å². The fraction of sp³-hybridized carbons (Fsp3) is 0.462. The lowest BCUT2D eigenvalue weighted by atomic mass is 10.0. The van der Waals surface area contributed by atoms with Crippen LogP contribution in [0.1, 0.15) is 67.8 Å². The molecule has 7 heteroatoms. The molecule has 0 saturated carbocycles. The van der Waals surface area contributed by atoms with Crippen LogP contribution in [0, 0.1) is 5.92 Å². The summed E-state index contributed by atoms with van der Waals surface area (Å²) in [6.45, 7) is 11.8. The van der Waals surface area contributed by atoms with E-state index in [0.717, 1.165) is 5.56 Å². The first-order valence-corrected chi connectivity index (χ1v) is 11.0. The first-order chi connectivity index (χ1) is 15.6. The number of ether oxygens (including phenoxy) is 4. The zero-order chi connectivity index (χ0) is 24.7. The fourth-order valence-electron chi connectivity index (χ4n) is 3.20. The molecule has 0 radical (unpaired) electrons. The Labute approximate surface area is 196 Å². The molecule has 0 bridgehead atoms. The van der Waals surface area contributed by atoms with Gasteiger partial charge in [-0.1, -0.05) is 13.8 Å². The first kappa shape index (κ1) is 26.0. The van der Waals surface area contributed by atoms with Crippen LogP contribution in [0.25, 0.3) is 0 Å². The smallest absolute Gasteiger partial charge is 0.184 e. The summed E-state index contributed by atoms with van der Waals surface area (Å²) in [5, 5.41) is 3.35. The Balaban J connectivity index is 2.54. The van der Waals surface area contributed by atoms with E-state index in [1.165, 1.54) is 21.0 Å². The second kappa shape index (κ2) is 11.6. The summed E-state index contributed by atoms with van der Waals surface area (Å²) in [7, 11) is 3.09. The number of carbonyl (C=O) groups is 2. The van der Waals surface area contributed by atoms with Crippen molar-refractivity contribution < 1.29 is 28.5 Å². The summed E-state index contributed by atoms with van der Waals surface area (Å²) in [6, 6.07) is 6.89. The topological polar surface area (TPSA) is 83.1 Å². The van der Waals surface area contributed by atoms with E-state index in [2.05, 4.69) is 19.2 Å². The first-order valence-electron chi connectivity index (χ1n) is 11.0. The van der Waals surface area contributed by atoms with Gasteiger partial charge in [-0.15, -0.1) is 0 Å². The van der Waals surface area contributed by atoms with Gasteiger partial charge in [-0.05, 0) is 57.9 Å². The van der Waals surface area contributed by atoms with E-state index >= 15 is 0 Å². The number of Topliss-reactive ketones (excluding diaryl/α,β-unsaturated/α-hetero) is 2. The standard InChI is InChI=1S/C26H35NO6/c1-15(2)14-32-25-21(9-19(17(5)28)11-23(25)30-7)13-27-22-10-20(18(6)29)12-24(31-8)26(22)33-16(3)4/h9-12,15-16,27H,13-14H2,1-8H3. The Morgan fingerprint density at radius 3 is 1.88 bits per heavy atom. The highest BCUT2D eigenvalue weighted by Crippen LogP contribution is 2.39. The minimum absolute atomic E-state index is 0.0750. The predicted octanol–water partition coefficient (Wildman–Crippen LogP) is 5.54. The van der Waals surface area contributed by atoms with Crippen LogP contribution in [0.3, 0.4) is 0 Å². The SMILES string of the molecule is COc1cc(C(C)=O)cc(CNc2cc(C(C)=O)cc(OC)c2OC(C)C)c1OCC(C)C. The lowest BCUT2D eigenvalue weighted by Crippen LogP contribution is -2.13. The Bertz CT molecular complexity index is 997. The molecule has 1 N–H and O–H groups in total. The number of benzene rings is 2. The van der Waals surface area contributed by atoms with Crippen molar-refractivity contribution in [3.63, 3.8) is 0 Å². The highest BCUT2D eigenvalue weighted by atomic mass is 16.5. The summed E-state index contributed by atoms with van der Waals surface area (Å²) < 4.78 is 23.1. The van der Waals surface area contributed by atoms with Crippen LogP contribution in [0.2, 0.25) is 0 Å². The average molecular weight is 458 g/mol. The lowest BCUT2D eigenvalue weighted by Gasteiger charge is -2.21. The minimum Gasteiger partial charge on any atom is -0.493 e. The molecule has 0 aliphatic heterocycles. The van der Waals surface area contributed by atoms with Crippen molar-refractivity contribution in [2.24, 2.45) is 5.92 Å². The van der Waals surface area contributed by atoms with Crippen molar-refractivity contribution in [3.8, 4) is 23.0 Å². The summed E-state index contributed by atoms with van der Waals surface area (Å²) in [6.07, 6.45) is -0.103. The molecule has 2 aromatic rings. The molecule has 0 atom stereocenters. The van der Waals surface area contributed by atoms with Gasteiger partial charge in [-0.25, -0.2) is 0 Å². The maximum absolute atomic E-state index is 12.1. The molecule has 0 heterocycles. The number of hydrogen-bond donors (Lipinski definition) is 1. The van der Waals surface area contributed by atoms with E-state index in [1.54, 1.807) is 31.4 Å². The number of carbonyl (C=O) groups excluding carboxylic acids is 2. The normalized spacial score (nSPS) is 10.8. The van der Waals surface area contributed by atoms with Crippen molar-refractivity contribution in [1.29, 1.82) is 0 Å². The number of methoxy groups -OCH3 is 2. The molecule has 0 aromatic heterocycles. The molecular weight excluding hydrogens is 422 g/mol. The van der Waals surface area contributed by atoms with Gasteiger partial charge in [0.25, 0.3) is 0 Å². The van der Waals surface area contributed by atoms with Crippen molar-refractivity contribution in [2.45, 2.75) is 54.2 Å². The van der Waals surface area contributed by atoms with Gasteiger partial charge in [0.15, 0.2) is 34.6 Å². The maximum atomic E-state index is 12.1. The van der Waals surface area contributed by atoms with Gasteiger partial charge < -0.3 is 24.3 Å². The summed E-state index contributed by atoms with van der Waals surface area (Å²) in [5.74, 6) is 2.19. The molecule has 0 aliphatic carbocycles. The van der Waals surface area contributed by atoms with E-state index in [0.29, 0.717) is 58.9 Å². The molecule has 0 saturated heterocycles. The molecule has 0 amide bonds. The van der Waals surface area contributed by atoms with E-state index in [1.807, 2.05) is 13.8 Å². The van der Waals surface area contributed by atoms with Crippen molar-refractivity contribution in [3.05, 3.63) is 41.0 Å². The Hall–Kier alpha value is -3.22. The largest absolute Gasteiger partial charge is 0.493 e.